The molecule has 2 aromatic carbocycles. The summed E-state index contributed by atoms with van der Waals surface area (Å²) in [6.45, 7) is 3.87. The Balaban J connectivity index is 2.06. The average molecular weight is 280 g/mol. The molecule has 0 bridgehead atoms. The Labute approximate surface area is 122 Å². The van der Waals surface area contributed by atoms with Crippen LogP contribution in [0.5, 0.6) is 0 Å². The fourth-order valence-electron chi connectivity index (χ4n) is 2.23. The zero-order valence-electron chi connectivity index (χ0n) is 12.0. The summed E-state index contributed by atoms with van der Waals surface area (Å²) in [6, 6.07) is 15.2. The fraction of sp³-hybridized carbons (Fsp3) is 0.176. The van der Waals surface area contributed by atoms with Crippen LogP contribution in [0.4, 0.5) is 0 Å². The van der Waals surface area contributed by atoms with E-state index in [9.17, 15) is 4.79 Å². The van der Waals surface area contributed by atoms with Crippen LogP contribution in [0.2, 0.25) is 0 Å². The number of hydrogen-bond donors (Lipinski definition) is 1. The van der Waals surface area contributed by atoms with E-state index >= 15 is 0 Å². The number of carbonyl (C=O) groups is 1. The van der Waals surface area contributed by atoms with Gasteiger partial charge >= 0.3 is 0 Å². The summed E-state index contributed by atoms with van der Waals surface area (Å²) in [4.78, 5) is 12.1. The van der Waals surface area contributed by atoms with Crippen LogP contribution in [-0.4, -0.2) is 17.1 Å². The molecule has 0 aliphatic carbocycles. The molecule has 0 atom stereocenters. The van der Waals surface area contributed by atoms with Gasteiger partial charge in [0.1, 0.15) is 5.52 Å². The van der Waals surface area contributed by atoms with Gasteiger partial charge in [-0.15, -0.1) is 0 Å². The first-order valence-electron chi connectivity index (χ1n) is 6.91. The second-order valence-corrected chi connectivity index (χ2v) is 5.24. The number of rotatable bonds is 3. The highest BCUT2D eigenvalue weighted by molar-refractivity contribution is 6.01. The van der Waals surface area contributed by atoms with Crippen molar-refractivity contribution in [1.82, 2.24) is 10.5 Å². The molecule has 3 rings (SSSR count). The summed E-state index contributed by atoms with van der Waals surface area (Å²) in [5, 5.41) is 7.78. The monoisotopic (exact) mass is 280 g/mol. The van der Waals surface area contributed by atoms with Gasteiger partial charge in [-0.05, 0) is 32.0 Å². The summed E-state index contributed by atoms with van der Waals surface area (Å²) in [5.41, 5.74) is 2.30. The Morgan fingerprint density at radius 3 is 2.62 bits per heavy atom. The molecule has 21 heavy (non-hydrogen) atoms. The van der Waals surface area contributed by atoms with E-state index in [0.29, 0.717) is 11.3 Å². The highest BCUT2D eigenvalue weighted by atomic mass is 16.5. The predicted octanol–water partition coefficient (Wildman–Crippen LogP) is 3.63. The van der Waals surface area contributed by atoms with Gasteiger partial charge < -0.3 is 9.84 Å². The number of fused-ring (bicyclic) bond motifs is 1. The van der Waals surface area contributed by atoms with Gasteiger partial charge in [0.25, 0.3) is 5.91 Å². The van der Waals surface area contributed by atoms with E-state index < -0.39 is 0 Å². The highest BCUT2D eigenvalue weighted by Gasteiger charge is 2.14. The van der Waals surface area contributed by atoms with Crippen molar-refractivity contribution in [2.45, 2.75) is 19.9 Å². The van der Waals surface area contributed by atoms with Crippen LogP contribution in [-0.2, 0) is 0 Å². The van der Waals surface area contributed by atoms with Crippen LogP contribution in [0.25, 0.3) is 22.2 Å². The van der Waals surface area contributed by atoms with Gasteiger partial charge in [0, 0.05) is 17.2 Å². The molecule has 4 nitrogen and oxygen atoms in total. The van der Waals surface area contributed by atoms with Crippen molar-refractivity contribution in [2.24, 2.45) is 0 Å². The Hall–Kier alpha value is -2.62. The summed E-state index contributed by atoms with van der Waals surface area (Å²) in [7, 11) is 0. The minimum Gasteiger partial charge on any atom is -0.355 e. The molecule has 0 saturated carbocycles. The van der Waals surface area contributed by atoms with E-state index in [2.05, 4.69) is 10.5 Å². The fourth-order valence-corrected chi connectivity index (χ4v) is 2.23. The molecule has 0 aliphatic rings. The topological polar surface area (TPSA) is 55.1 Å². The van der Waals surface area contributed by atoms with Gasteiger partial charge in [-0.3, -0.25) is 4.79 Å². The molecule has 0 saturated heterocycles. The third-order valence-corrected chi connectivity index (χ3v) is 3.19. The van der Waals surface area contributed by atoms with E-state index in [4.69, 9.17) is 4.52 Å². The van der Waals surface area contributed by atoms with Gasteiger partial charge in [0.15, 0.2) is 5.76 Å². The zero-order chi connectivity index (χ0) is 14.8. The van der Waals surface area contributed by atoms with Crippen molar-refractivity contribution in [3.05, 3.63) is 54.1 Å². The molecule has 1 N–H and O–H groups in total. The first-order valence-corrected chi connectivity index (χ1v) is 6.91. The van der Waals surface area contributed by atoms with E-state index in [-0.39, 0.29) is 11.9 Å². The largest absolute Gasteiger partial charge is 0.355 e. The van der Waals surface area contributed by atoms with Crippen LogP contribution >= 0.6 is 0 Å². The second-order valence-electron chi connectivity index (χ2n) is 5.24. The van der Waals surface area contributed by atoms with E-state index in [1.807, 2.05) is 50.2 Å². The number of hydrogen-bond acceptors (Lipinski definition) is 3. The maximum atomic E-state index is 12.1. The van der Waals surface area contributed by atoms with Crippen LogP contribution in [0, 0.1) is 0 Å². The molecule has 1 amide bonds. The normalized spacial score (nSPS) is 11.0. The number of aromatic nitrogens is 1. The summed E-state index contributed by atoms with van der Waals surface area (Å²) in [6.07, 6.45) is 0. The minimum atomic E-state index is -0.0906. The van der Waals surface area contributed by atoms with Crippen LogP contribution in [0.1, 0.15) is 24.2 Å². The smallest absolute Gasteiger partial charge is 0.251 e. The van der Waals surface area contributed by atoms with Crippen molar-refractivity contribution in [2.75, 3.05) is 0 Å². The molecule has 0 spiro atoms. The second kappa shape index (κ2) is 5.40. The Morgan fingerprint density at radius 1 is 1.14 bits per heavy atom. The molecule has 0 unspecified atom stereocenters. The van der Waals surface area contributed by atoms with Crippen LogP contribution in [0.3, 0.4) is 0 Å². The number of nitrogens with zero attached hydrogens (tertiary/aromatic N) is 1. The lowest BCUT2D eigenvalue weighted by Crippen LogP contribution is -2.29. The van der Waals surface area contributed by atoms with Gasteiger partial charge in [0.2, 0.25) is 0 Å². The molecule has 106 valence electrons. The highest BCUT2D eigenvalue weighted by Crippen LogP contribution is 2.29. The van der Waals surface area contributed by atoms with Gasteiger partial charge in [-0.1, -0.05) is 35.5 Å². The molecule has 1 aromatic heterocycles. The third-order valence-electron chi connectivity index (χ3n) is 3.19. The molecule has 0 aliphatic heterocycles. The maximum absolute atomic E-state index is 12.1. The lowest BCUT2D eigenvalue weighted by Gasteiger charge is -2.08. The number of carbonyl (C=O) groups excluding carboxylic acids is 1. The van der Waals surface area contributed by atoms with Gasteiger partial charge in [0.05, 0.1) is 5.39 Å². The summed E-state index contributed by atoms with van der Waals surface area (Å²) >= 11 is 0. The van der Waals surface area contributed by atoms with Crippen molar-refractivity contribution < 1.29 is 9.32 Å². The minimum absolute atomic E-state index is 0.0906. The quantitative estimate of drug-likeness (QED) is 0.797. The Bertz CT molecular complexity index is 776. The van der Waals surface area contributed by atoms with Gasteiger partial charge in [-0.25, -0.2) is 0 Å². The third kappa shape index (κ3) is 2.65. The van der Waals surface area contributed by atoms with E-state index in [0.717, 1.165) is 16.5 Å². The molecule has 0 radical (unpaired) electrons. The molecule has 1 heterocycles. The first-order chi connectivity index (χ1) is 10.1. The molecule has 4 heteroatoms. The van der Waals surface area contributed by atoms with E-state index in [1.165, 1.54) is 0 Å². The Morgan fingerprint density at radius 2 is 1.90 bits per heavy atom. The van der Waals surface area contributed by atoms with Crippen molar-refractivity contribution in [1.29, 1.82) is 0 Å². The standard InChI is InChI=1S/C17H16N2O2/c1-11(2)18-17(20)13-8-9-15-14(10-13)16(21-19-15)12-6-4-3-5-7-12/h3-11H,1-2H3,(H,18,20). The van der Waals surface area contributed by atoms with Crippen LogP contribution < -0.4 is 5.32 Å². The Kier molecular flexibility index (Phi) is 3.44. The molecule has 3 aromatic rings. The first kappa shape index (κ1) is 13.4. The van der Waals surface area contributed by atoms with Crippen molar-refractivity contribution in [3.8, 4) is 11.3 Å². The maximum Gasteiger partial charge on any atom is 0.251 e. The van der Waals surface area contributed by atoms with Crippen molar-refractivity contribution >= 4 is 16.8 Å². The lowest BCUT2D eigenvalue weighted by molar-refractivity contribution is 0.0943. The predicted molar refractivity (Wildman–Crippen MR) is 82.0 cm³/mol. The van der Waals surface area contributed by atoms with E-state index in [1.54, 1.807) is 12.1 Å². The van der Waals surface area contributed by atoms with Gasteiger partial charge in [-0.2, -0.15) is 0 Å². The average Bonchev–Trinajstić information content (AvgIpc) is 2.90. The number of benzene rings is 2. The summed E-state index contributed by atoms with van der Waals surface area (Å²) < 4.78 is 5.44. The van der Waals surface area contributed by atoms with Crippen LogP contribution in [0.15, 0.2) is 53.1 Å². The SMILES string of the molecule is CC(C)NC(=O)c1ccc2noc(-c3ccccc3)c2c1. The summed E-state index contributed by atoms with van der Waals surface area (Å²) in [5.74, 6) is 0.594. The molecule has 0 fully saturated rings. The molecular formula is C17H16N2O2. The number of nitrogens with one attached hydrogen (secondary N) is 1. The van der Waals surface area contributed by atoms with Crippen molar-refractivity contribution in [3.63, 3.8) is 0 Å². The lowest BCUT2D eigenvalue weighted by atomic mass is 10.1. The molecular weight excluding hydrogens is 264 g/mol. The zero-order valence-corrected chi connectivity index (χ0v) is 12.0. The number of amides is 1.